The van der Waals surface area contributed by atoms with Gasteiger partial charge in [0.1, 0.15) is 10.8 Å². The van der Waals surface area contributed by atoms with Crippen LogP contribution in [0.3, 0.4) is 0 Å². The van der Waals surface area contributed by atoms with E-state index >= 15 is 0 Å². The molecule has 1 N–H and O–H groups in total. The Hall–Kier alpha value is -1.56. The number of rotatable bonds is 3. The van der Waals surface area contributed by atoms with Crippen molar-refractivity contribution in [3.05, 3.63) is 16.9 Å². The molecule has 1 amide bonds. The number of hydrogen-bond donors (Lipinski definition) is 1. The number of likely N-dealkylation sites (tertiary alicyclic amines) is 1. The van der Waals surface area contributed by atoms with E-state index in [1.54, 1.807) is 11.1 Å². The van der Waals surface area contributed by atoms with Crippen LogP contribution < -0.4 is 5.32 Å². The van der Waals surface area contributed by atoms with E-state index in [2.05, 4.69) is 15.3 Å². The zero-order valence-electron chi connectivity index (χ0n) is 14.2. The molecule has 1 fully saturated rings. The average Bonchev–Trinajstić information content (AvgIpc) is 2.47. The Labute approximate surface area is 142 Å². The number of piperidine rings is 1. The number of ether oxygens (including phenoxy) is 1. The van der Waals surface area contributed by atoms with Gasteiger partial charge in [0.05, 0.1) is 6.04 Å². The monoisotopic (exact) mass is 340 g/mol. The number of halogens is 1. The minimum absolute atomic E-state index is 0.0716. The SMILES string of the molecule is Cc1cnc(NCC2CCCCN2C(=O)OC(C)(C)C)nc1Cl. The van der Waals surface area contributed by atoms with Gasteiger partial charge in [-0.25, -0.2) is 14.8 Å². The highest BCUT2D eigenvalue weighted by Gasteiger charge is 2.30. The molecule has 0 aromatic carbocycles. The molecule has 1 aliphatic heterocycles. The number of carbonyl (C=O) groups excluding carboxylic acids is 1. The Balaban J connectivity index is 1.98. The van der Waals surface area contributed by atoms with Crippen LogP contribution in [-0.2, 0) is 4.74 Å². The number of carbonyl (C=O) groups is 1. The van der Waals surface area contributed by atoms with Gasteiger partial charge in [0.2, 0.25) is 5.95 Å². The molecule has 2 rings (SSSR count). The first kappa shape index (κ1) is 17.8. The summed E-state index contributed by atoms with van der Waals surface area (Å²) in [6.07, 6.45) is 4.46. The lowest BCUT2D eigenvalue weighted by Gasteiger charge is -2.36. The smallest absolute Gasteiger partial charge is 0.410 e. The summed E-state index contributed by atoms with van der Waals surface area (Å²) < 4.78 is 5.50. The lowest BCUT2D eigenvalue weighted by atomic mass is 10.0. The maximum absolute atomic E-state index is 12.4. The topological polar surface area (TPSA) is 67.4 Å². The average molecular weight is 341 g/mol. The van der Waals surface area contributed by atoms with Crippen LogP contribution in [0.25, 0.3) is 0 Å². The molecule has 1 saturated heterocycles. The molecule has 0 aliphatic carbocycles. The molecule has 0 spiro atoms. The Kier molecular flexibility index (Phi) is 5.68. The number of anilines is 1. The third-order valence-corrected chi connectivity index (χ3v) is 4.04. The van der Waals surface area contributed by atoms with Crippen LogP contribution in [0.4, 0.5) is 10.7 Å². The largest absolute Gasteiger partial charge is 0.444 e. The number of nitrogens with zero attached hydrogens (tertiary/aromatic N) is 3. The molecule has 1 unspecified atom stereocenters. The highest BCUT2D eigenvalue weighted by Crippen LogP contribution is 2.21. The molecule has 0 saturated carbocycles. The van der Waals surface area contributed by atoms with Crippen molar-refractivity contribution in [3.63, 3.8) is 0 Å². The van der Waals surface area contributed by atoms with E-state index in [4.69, 9.17) is 16.3 Å². The van der Waals surface area contributed by atoms with E-state index < -0.39 is 5.60 Å². The van der Waals surface area contributed by atoms with Gasteiger partial charge in [-0.1, -0.05) is 11.6 Å². The second-order valence-corrected chi connectivity index (χ2v) is 7.23. The van der Waals surface area contributed by atoms with Crippen LogP contribution in [0.15, 0.2) is 6.20 Å². The summed E-state index contributed by atoms with van der Waals surface area (Å²) in [6, 6.07) is 0.0716. The van der Waals surface area contributed by atoms with Gasteiger partial charge in [-0.05, 0) is 47.0 Å². The fourth-order valence-corrected chi connectivity index (χ4v) is 2.62. The predicted molar refractivity (Wildman–Crippen MR) is 90.8 cm³/mol. The van der Waals surface area contributed by atoms with Gasteiger partial charge in [-0.3, -0.25) is 0 Å². The summed E-state index contributed by atoms with van der Waals surface area (Å²) in [5, 5.41) is 3.61. The molecule has 0 bridgehead atoms. The van der Waals surface area contributed by atoms with Crippen molar-refractivity contribution in [2.24, 2.45) is 0 Å². The fraction of sp³-hybridized carbons (Fsp3) is 0.688. The Morgan fingerprint density at radius 2 is 2.22 bits per heavy atom. The molecule has 23 heavy (non-hydrogen) atoms. The number of hydrogen-bond acceptors (Lipinski definition) is 5. The van der Waals surface area contributed by atoms with Gasteiger partial charge in [-0.15, -0.1) is 0 Å². The lowest BCUT2D eigenvalue weighted by molar-refractivity contribution is 0.0114. The third kappa shape index (κ3) is 5.23. The fourth-order valence-electron chi connectivity index (χ4n) is 2.49. The van der Waals surface area contributed by atoms with Crippen molar-refractivity contribution in [1.29, 1.82) is 0 Å². The first-order valence-electron chi connectivity index (χ1n) is 7.99. The normalized spacial score (nSPS) is 18.7. The number of aryl methyl sites for hydroxylation is 1. The van der Waals surface area contributed by atoms with Crippen molar-refractivity contribution >= 4 is 23.6 Å². The minimum Gasteiger partial charge on any atom is -0.444 e. The first-order valence-corrected chi connectivity index (χ1v) is 8.37. The number of amides is 1. The van der Waals surface area contributed by atoms with Crippen LogP contribution in [0.1, 0.15) is 45.6 Å². The van der Waals surface area contributed by atoms with E-state index in [1.807, 2.05) is 27.7 Å². The van der Waals surface area contributed by atoms with Crippen LogP contribution in [0.2, 0.25) is 5.15 Å². The molecular weight excluding hydrogens is 316 g/mol. The highest BCUT2D eigenvalue weighted by atomic mass is 35.5. The number of aromatic nitrogens is 2. The second kappa shape index (κ2) is 7.34. The zero-order chi connectivity index (χ0) is 17.0. The standard InChI is InChI=1S/C16H25ClN4O2/c1-11-9-18-14(20-13(11)17)19-10-12-7-5-6-8-21(12)15(22)23-16(2,3)4/h9,12H,5-8,10H2,1-4H3,(H,18,19,20). The van der Waals surface area contributed by atoms with Gasteiger partial charge >= 0.3 is 6.09 Å². The number of nitrogens with one attached hydrogen (secondary N) is 1. The van der Waals surface area contributed by atoms with Crippen molar-refractivity contribution < 1.29 is 9.53 Å². The summed E-state index contributed by atoms with van der Waals surface area (Å²) in [6.45, 7) is 8.80. The van der Waals surface area contributed by atoms with E-state index in [0.29, 0.717) is 17.6 Å². The molecule has 1 atom stereocenters. The summed E-state index contributed by atoms with van der Waals surface area (Å²) in [5.41, 5.74) is 0.352. The second-order valence-electron chi connectivity index (χ2n) is 6.87. The van der Waals surface area contributed by atoms with E-state index in [9.17, 15) is 4.79 Å². The van der Waals surface area contributed by atoms with Crippen molar-refractivity contribution in [2.45, 2.75) is 58.6 Å². The Morgan fingerprint density at radius 3 is 2.87 bits per heavy atom. The molecule has 6 nitrogen and oxygen atoms in total. The quantitative estimate of drug-likeness (QED) is 0.851. The molecular formula is C16H25ClN4O2. The maximum atomic E-state index is 12.4. The minimum atomic E-state index is -0.486. The molecule has 1 aromatic rings. The van der Waals surface area contributed by atoms with Crippen LogP contribution >= 0.6 is 11.6 Å². The maximum Gasteiger partial charge on any atom is 0.410 e. The lowest BCUT2D eigenvalue weighted by Crippen LogP contribution is -2.49. The molecule has 1 aliphatic rings. The highest BCUT2D eigenvalue weighted by molar-refractivity contribution is 6.30. The molecule has 128 valence electrons. The van der Waals surface area contributed by atoms with Crippen molar-refractivity contribution in [3.8, 4) is 0 Å². The molecule has 2 heterocycles. The van der Waals surface area contributed by atoms with E-state index in [-0.39, 0.29) is 12.1 Å². The molecule has 0 radical (unpaired) electrons. The van der Waals surface area contributed by atoms with Crippen LogP contribution in [0, 0.1) is 6.92 Å². The van der Waals surface area contributed by atoms with Gasteiger partial charge in [0.25, 0.3) is 0 Å². The predicted octanol–water partition coefficient (Wildman–Crippen LogP) is 3.64. The van der Waals surface area contributed by atoms with E-state index in [0.717, 1.165) is 31.4 Å². The molecule has 7 heteroatoms. The van der Waals surface area contributed by atoms with Crippen molar-refractivity contribution in [2.75, 3.05) is 18.4 Å². The van der Waals surface area contributed by atoms with Gasteiger partial charge < -0.3 is 15.0 Å². The zero-order valence-corrected chi connectivity index (χ0v) is 15.0. The van der Waals surface area contributed by atoms with Gasteiger partial charge in [0.15, 0.2) is 0 Å². The Morgan fingerprint density at radius 1 is 1.48 bits per heavy atom. The first-order chi connectivity index (χ1) is 10.8. The third-order valence-electron chi connectivity index (χ3n) is 3.66. The summed E-state index contributed by atoms with van der Waals surface area (Å²) in [4.78, 5) is 22.6. The van der Waals surface area contributed by atoms with Gasteiger partial charge in [-0.2, -0.15) is 0 Å². The van der Waals surface area contributed by atoms with Crippen molar-refractivity contribution in [1.82, 2.24) is 14.9 Å². The van der Waals surface area contributed by atoms with Crippen LogP contribution in [0.5, 0.6) is 0 Å². The van der Waals surface area contributed by atoms with E-state index in [1.165, 1.54) is 0 Å². The van der Waals surface area contributed by atoms with Gasteiger partial charge in [0, 0.05) is 24.8 Å². The summed E-state index contributed by atoms with van der Waals surface area (Å²) in [5.74, 6) is 0.482. The summed E-state index contributed by atoms with van der Waals surface area (Å²) >= 11 is 6.01. The van der Waals surface area contributed by atoms with Crippen LogP contribution in [-0.4, -0.2) is 45.7 Å². The Bertz CT molecular complexity index is 560. The molecule has 1 aromatic heterocycles. The summed E-state index contributed by atoms with van der Waals surface area (Å²) in [7, 11) is 0.